The van der Waals surface area contributed by atoms with Gasteiger partial charge >= 0.3 is 0 Å². The first kappa shape index (κ1) is 17.3. The minimum absolute atomic E-state index is 0.0780. The summed E-state index contributed by atoms with van der Waals surface area (Å²) in [6, 6.07) is 20.5. The maximum atomic E-state index is 9.67. The van der Waals surface area contributed by atoms with Gasteiger partial charge in [-0.15, -0.1) is 0 Å². The van der Waals surface area contributed by atoms with E-state index in [1.165, 1.54) is 0 Å². The number of nitrogens with zero attached hydrogens (tertiary/aromatic N) is 1. The molecular weight excluding hydrogens is 344 g/mol. The summed E-state index contributed by atoms with van der Waals surface area (Å²) in [7, 11) is 0. The second kappa shape index (κ2) is 8.08. The minimum atomic E-state index is -0.620. The lowest BCUT2D eigenvalue weighted by atomic mass is 10.1. The van der Waals surface area contributed by atoms with Crippen molar-refractivity contribution < 1.29 is 9.84 Å². The highest BCUT2D eigenvalue weighted by atomic mass is 32.2. The van der Waals surface area contributed by atoms with E-state index in [-0.39, 0.29) is 6.10 Å². The van der Waals surface area contributed by atoms with E-state index in [1.807, 2.05) is 36.4 Å². The normalized spacial score (nSPS) is 20.2. The van der Waals surface area contributed by atoms with Crippen molar-refractivity contribution in [2.75, 3.05) is 5.75 Å². The van der Waals surface area contributed by atoms with Crippen molar-refractivity contribution in [2.24, 2.45) is 0 Å². The Morgan fingerprint density at radius 2 is 1.69 bits per heavy atom. The van der Waals surface area contributed by atoms with Crippen molar-refractivity contribution in [2.45, 2.75) is 36.8 Å². The lowest BCUT2D eigenvalue weighted by molar-refractivity contribution is -0.155. The fraction of sp³-hybridized carbons (Fsp3) is 0.286. The highest BCUT2D eigenvalue weighted by Gasteiger charge is 2.21. The van der Waals surface area contributed by atoms with Crippen LogP contribution in [-0.4, -0.2) is 33.2 Å². The molecule has 0 bridgehead atoms. The summed E-state index contributed by atoms with van der Waals surface area (Å²) in [5.41, 5.74) is 4.21. The number of aliphatic hydroxyl groups is 1. The summed E-state index contributed by atoms with van der Waals surface area (Å²) in [5, 5.41) is 10.5. The molecule has 26 heavy (non-hydrogen) atoms. The maximum absolute atomic E-state index is 9.67. The fourth-order valence-corrected chi connectivity index (χ4v) is 4.13. The third-order valence-corrected chi connectivity index (χ3v) is 5.53. The Bertz CT molecular complexity index is 779. The van der Waals surface area contributed by atoms with Gasteiger partial charge in [-0.1, -0.05) is 72.4 Å². The van der Waals surface area contributed by atoms with Crippen molar-refractivity contribution in [1.82, 2.24) is 9.97 Å². The van der Waals surface area contributed by atoms with Crippen molar-refractivity contribution in [3.63, 3.8) is 0 Å². The molecule has 0 aliphatic carbocycles. The molecule has 2 atom stereocenters. The second-order valence-corrected chi connectivity index (χ2v) is 7.46. The average Bonchev–Trinajstić information content (AvgIpc) is 3.12. The Labute approximate surface area is 157 Å². The van der Waals surface area contributed by atoms with Gasteiger partial charge in [0.15, 0.2) is 11.4 Å². The molecule has 5 heteroatoms. The third kappa shape index (κ3) is 4.01. The van der Waals surface area contributed by atoms with E-state index in [0.29, 0.717) is 0 Å². The van der Waals surface area contributed by atoms with Gasteiger partial charge in [0.1, 0.15) is 0 Å². The zero-order valence-corrected chi connectivity index (χ0v) is 15.3. The number of thioether (sulfide) groups is 1. The van der Waals surface area contributed by atoms with Gasteiger partial charge in [0.25, 0.3) is 0 Å². The summed E-state index contributed by atoms with van der Waals surface area (Å²) >= 11 is 1.65. The topological polar surface area (TPSA) is 58.1 Å². The molecule has 2 heterocycles. The first-order chi connectivity index (χ1) is 12.8. The van der Waals surface area contributed by atoms with Crippen LogP contribution in [0, 0.1) is 0 Å². The van der Waals surface area contributed by atoms with Crippen LogP contribution >= 0.6 is 11.8 Å². The van der Waals surface area contributed by atoms with Gasteiger partial charge in [0, 0.05) is 16.9 Å². The lowest BCUT2D eigenvalue weighted by Gasteiger charge is -2.26. The van der Waals surface area contributed by atoms with Crippen LogP contribution in [0.2, 0.25) is 0 Å². The molecule has 3 aromatic rings. The number of ether oxygens (including phenoxy) is 1. The van der Waals surface area contributed by atoms with E-state index >= 15 is 0 Å². The molecule has 1 fully saturated rings. The highest BCUT2D eigenvalue weighted by molar-refractivity contribution is 7.99. The van der Waals surface area contributed by atoms with E-state index in [4.69, 9.17) is 9.72 Å². The molecule has 0 amide bonds. The fourth-order valence-electron chi connectivity index (χ4n) is 3.21. The maximum Gasteiger partial charge on any atom is 0.166 e. The van der Waals surface area contributed by atoms with E-state index in [0.717, 1.165) is 52.7 Å². The average molecular weight is 366 g/mol. The van der Waals surface area contributed by atoms with E-state index in [1.54, 1.807) is 11.8 Å². The van der Waals surface area contributed by atoms with Crippen molar-refractivity contribution in [1.29, 1.82) is 0 Å². The van der Waals surface area contributed by atoms with Crippen molar-refractivity contribution >= 4 is 11.8 Å². The van der Waals surface area contributed by atoms with Crippen LogP contribution < -0.4 is 0 Å². The van der Waals surface area contributed by atoms with Gasteiger partial charge in [-0.3, -0.25) is 0 Å². The molecule has 2 aromatic carbocycles. The molecule has 4 rings (SSSR count). The second-order valence-electron chi connectivity index (χ2n) is 6.45. The van der Waals surface area contributed by atoms with E-state index < -0.39 is 6.29 Å². The first-order valence-electron chi connectivity index (χ1n) is 8.97. The summed E-state index contributed by atoms with van der Waals surface area (Å²) in [4.78, 5) is 8.33. The Hall–Kier alpha value is -2.08. The van der Waals surface area contributed by atoms with Crippen LogP contribution in [0.4, 0.5) is 0 Å². The van der Waals surface area contributed by atoms with Crippen molar-refractivity contribution in [3.8, 4) is 22.5 Å². The number of imidazole rings is 1. The van der Waals surface area contributed by atoms with Crippen LogP contribution in [0.25, 0.3) is 22.5 Å². The highest BCUT2D eigenvalue weighted by Crippen LogP contribution is 2.33. The molecule has 1 unspecified atom stereocenters. The number of H-pyrrole nitrogens is 1. The molecule has 2 N–H and O–H groups in total. The lowest BCUT2D eigenvalue weighted by Crippen LogP contribution is -2.28. The summed E-state index contributed by atoms with van der Waals surface area (Å²) in [6.07, 6.45) is 2.19. The predicted molar refractivity (Wildman–Crippen MR) is 105 cm³/mol. The van der Waals surface area contributed by atoms with E-state index in [9.17, 15) is 5.11 Å². The molecule has 0 radical (unpaired) electrons. The number of hydrogen-bond acceptors (Lipinski definition) is 4. The number of aromatic amines is 1. The van der Waals surface area contributed by atoms with Crippen LogP contribution in [0.15, 0.2) is 65.8 Å². The van der Waals surface area contributed by atoms with Crippen LogP contribution in [0.1, 0.15) is 19.3 Å². The molecule has 0 spiro atoms. The van der Waals surface area contributed by atoms with Gasteiger partial charge in [-0.25, -0.2) is 4.98 Å². The first-order valence-corrected chi connectivity index (χ1v) is 9.95. The largest absolute Gasteiger partial charge is 0.368 e. The van der Waals surface area contributed by atoms with Crippen LogP contribution in [0.5, 0.6) is 0 Å². The Morgan fingerprint density at radius 3 is 2.38 bits per heavy atom. The molecule has 1 aromatic heterocycles. The molecule has 4 nitrogen and oxygen atoms in total. The Balaban J connectivity index is 1.59. The van der Waals surface area contributed by atoms with Crippen molar-refractivity contribution in [3.05, 3.63) is 60.7 Å². The molecule has 1 aliphatic rings. The van der Waals surface area contributed by atoms with E-state index in [2.05, 4.69) is 29.2 Å². The summed E-state index contributed by atoms with van der Waals surface area (Å²) < 4.78 is 5.61. The smallest absolute Gasteiger partial charge is 0.166 e. The molecular formula is C21H22N2O2S. The van der Waals surface area contributed by atoms with Crippen LogP contribution in [-0.2, 0) is 4.74 Å². The number of aromatic nitrogens is 2. The molecule has 134 valence electrons. The quantitative estimate of drug-likeness (QED) is 0.641. The van der Waals surface area contributed by atoms with Crippen LogP contribution in [0.3, 0.4) is 0 Å². The number of rotatable bonds is 5. The monoisotopic (exact) mass is 366 g/mol. The molecule has 1 saturated heterocycles. The Morgan fingerprint density at radius 1 is 1.00 bits per heavy atom. The van der Waals surface area contributed by atoms with Gasteiger partial charge in [0.2, 0.25) is 0 Å². The zero-order chi connectivity index (χ0) is 17.8. The predicted octanol–water partition coefficient (Wildman–Crippen LogP) is 4.72. The van der Waals surface area contributed by atoms with Gasteiger partial charge in [-0.2, -0.15) is 0 Å². The number of aliphatic hydroxyl groups excluding tert-OH is 1. The third-order valence-electron chi connectivity index (χ3n) is 4.52. The molecule has 1 aliphatic heterocycles. The van der Waals surface area contributed by atoms with Gasteiger partial charge in [0.05, 0.1) is 17.5 Å². The Kier molecular flexibility index (Phi) is 5.39. The summed E-state index contributed by atoms with van der Waals surface area (Å²) in [6.45, 7) is 0. The zero-order valence-electron chi connectivity index (χ0n) is 14.5. The number of hydrogen-bond donors (Lipinski definition) is 2. The minimum Gasteiger partial charge on any atom is -0.368 e. The van der Waals surface area contributed by atoms with Gasteiger partial charge in [-0.05, 0) is 19.3 Å². The molecule has 0 saturated carbocycles. The van der Waals surface area contributed by atoms with Gasteiger partial charge < -0.3 is 14.8 Å². The number of nitrogens with one attached hydrogen (secondary N) is 1. The summed E-state index contributed by atoms with van der Waals surface area (Å²) in [5.74, 6) is 0.785. The SMILES string of the molecule is OC1CCC[C@@H](CSc2nc(-c3ccccc3)c(-c3ccccc3)[nH]2)O1. The number of benzene rings is 2. The standard InChI is InChI=1S/C21H22N2O2S/c24-18-13-7-12-17(25-18)14-26-21-22-19(15-8-3-1-4-9-15)20(23-21)16-10-5-2-6-11-16/h1-6,8-11,17-18,24H,7,12-14H2,(H,22,23)/t17-,18?/m0/s1.